The fraction of sp³-hybridized carbons (Fsp3) is 0.600. The van der Waals surface area contributed by atoms with Crippen LogP contribution in [0.25, 0.3) is 0 Å². The first-order valence-electron chi connectivity index (χ1n) is 4.77. The standard InChI is InChI=1S/C10H14ClF3O2/c1-3-5-6-9(7-8(11)4-2)15-16-10(12,13)14/h4-6,9H,3,7H2,1-2H3/b6-5?,8-4+. The maximum absolute atomic E-state index is 11.7. The van der Waals surface area contributed by atoms with Gasteiger partial charge in [0, 0.05) is 11.5 Å². The minimum absolute atomic E-state index is 0.143. The lowest BCUT2D eigenvalue weighted by Gasteiger charge is -2.13. The molecule has 0 aromatic carbocycles. The van der Waals surface area contributed by atoms with E-state index >= 15 is 0 Å². The van der Waals surface area contributed by atoms with Gasteiger partial charge in [0.15, 0.2) is 0 Å². The van der Waals surface area contributed by atoms with E-state index in [9.17, 15) is 13.2 Å². The first-order chi connectivity index (χ1) is 7.39. The fourth-order valence-electron chi connectivity index (χ4n) is 0.848. The average Bonchev–Trinajstić information content (AvgIpc) is 2.20. The van der Waals surface area contributed by atoms with Gasteiger partial charge < -0.3 is 0 Å². The molecule has 16 heavy (non-hydrogen) atoms. The van der Waals surface area contributed by atoms with E-state index < -0.39 is 12.5 Å². The highest BCUT2D eigenvalue weighted by molar-refractivity contribution is 6.29. The molecule has 0 aliphatic heterocycles. The van der Waals surface area contributed by atoms with Gasteiger partial charge in [0.2, 0.25) is 0 Å². The van der Waals surface area contributed by atoms with Crippen molar-refractivity contribution in [1.82, 2.24) is 0 Å². The maximum Gasteiger partial charge on any atom is 0.549 e. The SMILES string of the molecule is C/C=C(/Cl)CC(C=CCC)OOC(F)(F)F. The van der Waals surface area contributed by atoms with E-state index in [0.717, 1.165) is 0 Å². The van der Waals surface area contributed by atoms with Crippen molar-refractivity contribution in [2.75, 3.05) is 0 Å². The molecule has 0 spiro atoms. The summed E-state index contributed by atoms with van der Waals surface area (Å²) in [5.74, 6) is 0. The number of rotatable bonds is 6. The van der Waals surface area contributed by atoms with Crippen molar-refractivity contribution in [1.29, 1.82) is 0 Å². The third-order valence-corrected chi connectivity index (χ3v) is 1.93. The van der Waals surface area contributed by atoms with E-state index in [4.69, 9.17) is 11.6 Å². The number of hydrogen-bond acceptors (Lipinski definition) is 2. The summed E-state index contributed by atoms with van der Waals surface area (Å²) in [4.78, 5) is 7.54. The summed E-state index contributed by atoms with van der Waals surface area (Å²) in [6.07, 6.45) is -0.0528. The molecule has 0 heterocycles. The van der Waals surface area contributed by atoms with Gasteiger partial charge in [-0.05, 0) is 13.3 Å². The zero-order chi connectivity index (χ0) is 12.6. The molecule has 0 saturated heterocycles. The van der Waals surface area contributed by atoms with Crippen LogP contribution in [0.1, 0.15) is 26.7 Å². The van der Waals surface area contributed by atoms with Crippen molar-refractivity contribution in [3.63, 3.8) is 0 Å². The number of hydrogen-bond donors (Lipinski definition) is 0. The molecule has 94 valence electrons. The van der Waals surface area contributed by atoms with Crippen molar-refractivity contribution in [3.8, 4) is 0 Å². The van der Waals surface area contributed by atoms with E-state index in [0.29, 0.717) is 11.5 Å². The molecule has 0 aromatic rings. The highest BCUT2D eigenvalue weighted by atomic mass is 35.5. The Morgan fingerprint density at radius 3 is 2.50 bits per heavy atom. The summed E-state index contributed by atoms with van der Waals surface area (Å²) in [7, 11) is 0. The summed E-state index contributed by atoms with van der Waals surface area (Å²) in [6.45, 7) is 3.54. The summed E-state index contributed by atoms with van der Waals surface area (Å²) in [6, 6.07) is 0. The lowest BCUT2D eigenvalue weighted by Crippen LogP contribution is -2.19. The Morgan fingerprint density at radius 2 is 2.06 bits per heavy atom. The van der Waals surface area contributed by atoms with Crippen molar-refractivity contribution >= 4 is 11.6 Å². The van der Waals surface area contributed by atoms with Gasteiger partial charge >= 0.3 is 6.36 Å². The fourth-order valence-corrected chi connectivity index (χ4v) is 1.00. The summed E-state index contributed by atoms with van der Waals surface area (Å²) in [5, 5.41) is 0.413. The number of halogens is 4. The van der Waals surface area contributed by atoms with Crippen LogP contribution in [0.4, 0.5) is 13.2 Å². The van der Waals surface area contributed by atoms with Gasteiger partial charge in [-0.2, -0.15) is 0 Å². The van der Waals surface area contributed by atoms with E-state index in [-0.39, 0.29) is 6.42 Å². The van der Waals surface area contributed by atoms with E-state index in [2.05, 4.69) is 9.78 Å². The van der Waals surface area contributed by atoms with Crippen LogP contribution >= 0.6 is 11.6 Å². The van der Waals surface area contributed by atoms with Crippen molar-refractivity contribution < 1.29 is 22.9 Å². The Morgan fingerprint density at radius 1 is 1.44 bits per heavy atom. The van der Waals surface area contributed by atoms with Crippen molar-refractivity contribution in [3.05, 3.63) is 23.3 Å². The zero-order valence-corrected chi connectivity index (χ0v) is 9.81. The molecule has 0 aliphatic rings. The Labute approximate surface area is 97.6 Å². The minimum atomic E-state index is -4.80. The first-order valence-corrected chi connectivity index (χ1v) is 5.15. The second-order valence-corrected chi connectivity index (χ2v) is 3.43. The van der Waals surface area contributed by atoms with Gasteiger partial charge in [-0.15, -0.1) is 18.1 Å². The van der Waals surface area contributed by atoms with Gasteiger partial charge in [0.25, 0.3) is 0 Å². The second kappa shape index (κ2) is 7.70. The van der Waals surface area contributed by atoms with Crippen LogP contribution < -0.4 is 0 Å². The summed E-state index contributed by atoms with van der Waals surface area (Å²) in [5.41, 5.74) is 0. The molecule has 0 N–H and O–H groups in total. The van der Waals surface area contributed by atoms with Gasteiger partial charge in [-0.25, -0.2) is 4.89 Å². The highest BCUT2D eigenvalue weighted by Gasteiger charge is 2.32. The summed E-state index contributed by atoms with van der Waals surface area (Å²) >= 11 is 5.70. The molecule has 1 unspecified atom stereocenters. The smallest absolute Gasteiger partial charge is 0.221 e. The Balaban J connectivity index is 4.27. The molecule has 0 amide bonds. The second-order valence-electron chi connectivity index (χ2n) is 2.94. The lowest BCUT2D eigenvalue weighted by molar-refractivity contribution is -0.492. The van der Waals surface area contributed by atoms with Crippen molar-refractivity contribution in [2.24, 2.45) is 0 Å². The van der Waals surface area contributed by atoms with Gasteiger partial charge in [0.05, 0.1) is 0 Å². The van der Waals surface area contributed by atoms with Crippen LogP contribution in [-0.4, -0.2) is 12.5 Å². The third-order valence-electron chi connectivity index (χ3n) is 1.56. The monoisotopic (exact) mass is 258 g/mol. The molecule has 0 rings (SSSR count). The molecule has 0 bridgehead atoms. The Bertz CT molecular complexity index is 249. The molecule has 0 aromatic heterocycles. The van der Waals surface area contributed by atoms with Crippen LogP contribution in [0.15, 0.2) is 23.3 Å². The third kappa shape index (κ3) is 8.76. The number of alkyl halides is 3. The largest absolute Gasteiger partial charge is 0.549 e. The topological polar surface area (TPSA) is 18.5 Å². The van der Waals surface area contributed by atoms with E-state index in [1.54, 1.807) is 19.1 Å². The Hall–Kier alpha value is -0.520. The molecular weight excluding hydrogens is 245 g/mol. The molecular formula is C10H14ClF3O2. The first kappa shape index (κ1) is 15.5. The Kier molecular flexibility index (Phi) is 7.45. The van der Waals surface area contributed by atoms with Crippen molar-refractivity contribution in [2.45, 2.75) is 39.2 Å². The summed E-state index contributed by atoms with van der Waals surface area (Å²) < 4.78 is 35.2. The van der Waals surface area contributed by atoms with Crippen LogP contribution in [0.5, 0.6) is 0 Å². The molecule has 0 aliphatic carbocycles. The van der Waals surface area contributed by atoms with Crippen LogP contribution in [-0.2, 0) is 9.78 Å². The molecule has 0 radical (unpaired) electrons. The molecule has 6 heteroatoms. The van der Waals surface area contributed by atoms with Gasteiger partial charge in [-0.3, -0.25) is 0 Å². The van der Waals surface area contributed by atoms with E-state index in [1.807, 2.05) is 6.92 Å². The quantitative estimate of drug-likeness (QED) is 0.401. The predicted molar refractivity (Wildman–Crippen MR) is 55.7 cm³/mol. The van der Waals surface area contributed by atoms with Gasteiger partial charge in [-0.1, -0.05) is 36.8 Å². The highest BCUT2D eigenvalue weighted by Crippen LogP contribution is 2.21. The minimum Gasteiger partial charge on any atom is -0.221 e. The normalized spacial score (nSPS) is 15.8. The average molecular weight is 259 g/mol. The van der Waals surface area contributed by atoms with Crippen LogP contribution in [0, 0.1) is 0 Å². The van der Waals surface area contributed by atoms with Crippen LogP contribution in [0.2, 0.25) is 0 Å². The molecule has 0 fully saturated rings. The molecule has 1 atom stereocenters. The van der Waals surface area contributed by atoms with Gasteiger partial charge in [0.1, 0.15) is 6.10 Å². The molecule has 2 nitrogen and oxygen atoms in total. The van der Waals surface area contributed by atoms with Crippen LogP contribution in [0.3, 0.4) is 0 Å². The molecule has 0 saturated carbocycles. The zero-order valence-electron chi connectivity index (χ0n) is 9.05. The predicted octanol–water partition coefficient (Wildman–Crippen LogP) is 4.32. The number of allylic oxidation sites excluding steroid dienone is 2. The van der Waals surface area contributed by atoms with E-state index in [1.165, 1.54) is 6.08 Å². The lowest BCUT2D eigenvalue weighted by atomic mass is 10.2. The maximum atomic E-state index is 11.7.